The highest BCUT2D eigenvalue weighted by Gasteiger charge is 2.33. The van der Waals surface area contributed by atoms with Crippen LogP contribution in [0.3, 0.4) is 0 Å². The number of nitrogens with zero attached hydrogens (tertiary/aromatic N) is 2. The molecular formula is C13H19N3O4. The highest BCUT2D eigenvalue weighted by atomic mass is 16.5. The molecule has 7 heteroatoms. The van der Waals surface area contributed by atoms with E-state index < -0.39 is 6.04 Å². The van der Waals surface area contributed by atoms with Gasteiger partial charge in [-0.05, 0) is 26.2 Å². The summed E-state index contributed by atoms with van der Waals surface area (Å²) >= 11 is 0. The fourth-order valence-electron chi connectivity index (χ4n) is 2.43. The van der Waals surface area contributed by atoms with Crippen molar-refractivity contribution in [1.82, 2.24) is 9.97 Å². The molecule has 0 bridgehead atoms. The molecule has 7 nitrogen and oxygen atoms in total. The molecule has 1 saturated heterocycles. The van der Waals surface area contributed by atoms with Crippen molar-refractivity contribution in [3.63, 3.8) is 0 Å². The molecule has 1 aromatic rings. The van der Waals surface area contributed by atoms with Gasteiger partial charge in [-0.15, -0.1) is 0 Å². The smallest absolute Gasteiger partial charge is 0.328 e. The van der Waals surface area contributed by atoms with E-state index in [0.29, 0.717) is 25.4 Å². The summed E-state index contributed by atoms with van der Waals surface area (Å²) in [5.74, 6) is 0.244. The molecule has 0 saturated carbocycles. The molecule has 1 aliphatic rings. The van der Waals surface area contributed by atoms with Crippen molar-refractivity contribution in [2.24, 2.45) is 0 Å². The van der Waals surface area contributed by atoms with Crippen molar-refractivity contribution in [3.05, 3.63) is 16.7 Å². The molecule has 1 N–H and O–H groups in total. The SMILES string of the molecule is CCOC(=O)C1CCCCN1c1nc[nH]c(=O)c1OC. The minimum Gasteiger partial charge on any atom is -0.489 e. The van der Waals surface area contributed by atoms with Gasteiger partial charge < -0.3 is 19.4 Å². The summed E-state index contributed by atoms with van der Waals surface area (Å²) in [4.78, 5) is 32.2. The fourth-order valence-corrected chi connectivity index (χ4v) is 2.43. The molecule has 20 heavy (non-hydrogen) atoms. The van der Waals surface area contributed by atoms with Gasteiger partial charge >= 0.3 is 5.97 Å². The predicted octanol–water partition coefficient (Wildman–Crippen LogP) is 0.701. The van der Waals surface area contributed by atoms with Gasteiger partial charge in [0.05, 0.1) is 20.0 Å². The molecule has 110 valence electrons. The standard InChI is InChI=1S/C13H19N3O4/c1-3-20-13(18)9-6-4-5-7-16(9)11-10(19-2)12(17)15-8-14-11/h8-9H,3-7H2,1-2H3,(H,14,15,17). The third-order valence-electron chi connectivity index (χ3n) is 3.33. The second kappa shape index (κ2) is 6.40. The molecule has 0 spiro atoms. The van der Waals surface area contributed by atoms with E-state index in [1.807, 2.05) is 0 Å². The summed E-state index contributed by atoms with van der Waals surface area (Å²) in [5, 5.41) is 0. The molecule has 2 rings (SSSR count). The normalized spacial score (nSPS) is 18.7. The van der Waals surface area contributed by atoms with E-state index in [4.69, 9.17) is 9.47 Å². The Balaban J connectivity index is 2.35. The first-order chi connectivity index (χ1) is 9.69. The number of H-pyrrole nitrogens is 1. The summed E-state index contributed by atoms with van der Waals surface area (Å²) in [6.07, 6.45) is 3.90. The Hall–Kier alpha value is -2.05. The van der Waals surface area contributed by atoms with E-state index in [-0.39, 0.29) is 17.3 Å². The first-order valence-electron chi connectivity index (χ1n) is 6.74. The lowest BCUT2D eigenvalue weighted by atomic mass is 10.0. The molecule has 1 fully saturated rings. The summed E-state index contributed by atoms with van der Waals surface area (Å²) in [5.41, 5.74) is -0.356. The maximum absolute atomic E-state index is 12.0. The van der Waals surface area contributed by atoms with Crippen LogP contribution in [0.2, 0.25) is 0 Å². The van der Waals surface area contributed by atoms with Crippen LogP contribution in [0.1, 0.15) is 26.2 Å². The molecule has 0 radical (unpaired) electrons. The quantitative estimate of drug-likeness (QED) is 0.818. The van der Waals surface area contributed by atoms with Gasteiger partial charge in [0.15, 0.2) is 5.82 Å². The maximum Gasteiger partial charge on any atom is 0.328 e. The lowest BCUT2D eigenvalue weighted by Crippen LogP contribution is -2.46. The van der Waals surface area contributed by atoms with Crippen LogP contribution in [-0.4, -0.2) is 42.2 Å². The number of aromatic nitrogens is 2. The van der Waals surface area contributed by atoms with Crippen LogP contribution in [0.4, 0.5) is 5.82 Å². The summed E-state index contributed by atoms with van der Waals surface area (Å²) in [6, 6.07) is -0.410. The lowest BCUT2D eigenvalue weighted by Gasteiger charge is -2.35. The minimum atomic E-state index is -0.410. The van der Waals surface area contributed by atoms with Crippen LogP contribution in [0.25, 0.3) is 0 Å². The number of anilines is 1. The molecule has 0 aromatic carbocycles. The van der Waals surface area contributed by atoms with E-state index in [1.165, 1.54) is 13.4 Å². The molecule has 0 aliphatic carbocycles. The Bertz CT molecular complexity index is 529. The molecule has 1 atom stereocenters. The Morgan fingerprint density at radius 2 is 2.35 bits per heavy atom. The molecular weight excluding hydrogens is 262 g/mol. The number of nitrogens with one attached hydrogen (secondary N) is 1. The predicted molar refractivity (Wildman–Crippen MR) is 73.0 cm³/mol. The van der Waals surface area contributed by atoms with Crippen molar-refractivity contribution in [1.29, 1.82) is 0 Å². The average molecular weight is 281 g/mol. The Morgan fingerprint density at radius 1 is 1.55 bits per heavy atom. The summed E-state index contributed by atoms with van der Waals surface area (Å²) < 4.78 is 10.2. The zero-order chi connectivity index (χ0) is 14.5. The van der Waals surface area contributed by atoms with Crippen LogP contribution in [-0.2, 0) is 9.53 Å². The highest BCUT2D eigenvalue weighted by molar-refractivity contribution is 5.80. The van der Waals surface area contributed by atoms with Gasteiger partial charge in [0.25, 0.3) is 5.56 Å². The number of piperidine rings is 1. The van der Waals surface area contributed by atoms with Crippen molar-refractivity contribution >= 4 is 11.8 Å². The van der Waals surface area contributed by atoms with Gasteiger partial charge in [-0.2, -0.15) is 0 Å². The number of hydrogen-bond acceptors (Lipinski definition) is 6. The molecule has 2 heterocycles. The number of aromatic amines is 1. The van der Waals surface area contributed by atoms with Crippen LogP contribution in [0.5, 0.6) is 5.75 Å². The Kier molecular flexibility index (Phi) is 4.60. The Labute approximate surface area is 116 Å². The number of methoxy groups -OCH3 is 1. The fraction of sp³-hybridized carbons (Fsp3) is 0.615. The minimum absolute atomic E-state index is 0.128. The maximum atomic E-state index is 12.0. The van der Waals surface area contributed by atoms with Crippen molar-refractivity contribution in [2.45, 2.75) is 32.2 Å². The third kappa shape index (κ3) is 2.76. The van der Waals surface area contributed by atoms with Crippen LogP contribution >= 0.6 is 0 Å². The topological polar surface area (TPSA) is 84.5 Å². The zero-order valence-electron chi connectivity index (χ0n) is 11.7. The van der Waals surface area contributed by atoms with E-state index in [1.54, 1.807) is 11.8 Å². The van der Waals surface area contributed by atoms with E-state index in [0.717, 1.165) is 12.8 Å². The third-order valence-corrected chi connectivity index (χ3v) is 3.33. The van der Waals surface area contributed by atoms with Gasteiger partial charge in [0.1, 0.15) is 6.04 Å². The van der Waals surface area contributed by atoms with Crippen LogP contribution in [0.15, 0.2) is 11.1 Å². The summed E-state index contributed by atoms with van der Waals surface area (Å²) in [7, 11) is 1.42. The van der Waals surface area contributed by atoms with Crippen LogP contribution < -0.4 is 15.2 Å². The van der Waals surface area contributed by atoms with Gasteiger partial charge in [-0.1, -0.05) is 0 Å². The van der Waals surface area contributed by atoms with E-state index in [2.05, 4.69) is 9.97 Å². The molecule has 0 amide bonds. The van der Waals surface area contributed by atoms with Crippen molar-refractivity contribution in [3.8, 4) is 5.75 Å². The number of carbonyl (C=O) groups is 1. The Morgan fingerprint density at radius 3 is 3.05 bits per heavy atom. The monoisotopic (exact) mass is 281 g/mol. The molecule has 1 aromatic heterocycles. The highest BCUT2D eigenvalue weighted by Crippen LogP contribution is 2.28. The zero-order valence-corrected chi connectivity index (χ0v) is 11.7. The average Bonchev–Trinajstić information content (AvgIpc) is 2.47. The number of esters is 1. The largest absolute Gasteiger partial charge is 0.489 e. The second-order valence-electron chi connectivity index (χ2n) is 4.55. The van der Waals surface area contributed by atoms with Gasteiger partial charge in [-0.3, -0.25) is 4.79 Å². The first kappa shape index (κ1) is 14.4. The van der Waals surface area contributed by atoms with Crippen LogP contribution in [0, 0.1) is 0 Å². The number of ether oxygens (including phenoxy) is 2. The van der Waals surface area contributed by atoms with Crippen molar-refractivity contribution < 1.29 is 14.3 Å². The van der Waals surface area contributed by atoms with Crippen molar-refractivity contribution in [2.75, 3.05) is 25.2 Å². The number of carbonyl (C=O) groups excluding carboxylic acids is 1. The van der Waals surface area contributed by atoms with Gasteiger partial charge in [0.2, 0.25) is 5.75 Å². The first-order valence-corrected chi connectivity index (χ1v) is 6.74. The van der Waals surface area contributed by atoms with Gasteiger partial charge in [-0.25, -0.2) is 9.78 Å². The molecule has 1 unspecified atom stereocenters. The van der Waals surface area contributed by atoms with E-state index >= 15 is 0 Å². The lowest BCUT2D eigenvalue weighted by molar-refractivity contribution is -0.145. The summed E-state index contributed by atoms with van der Waals surface area (Å²) in [6.45, 7) is 2.76. The van der Waals surface area contributed by atoms with Gasteiger partial charge in [0, 0.05) is 6.54 Å². The number of hydrogen-bond donors (Lipinski definition) is 1. The number of rotatable bonds is 4. The molecule has 1 aliphatic heterocycles. The second-order valence-corrected chi connectivity index (χ2v) is 4.55. The van der Waals surface area contributed by atoms with E-state index in [9.17, 15) is 9.59 Å².